The van der Waals surface area contributed by atoms with Gasteiger partial charge in [0, 0.05) is 16.8 Å². The van der Waals surface area contributed by atoms with Gasteiger partial charge in [-0.15, -0.1) is 11.3 Å². The highest BCUT2D eigenvalue weighted by Crippen LogP contribution is 2.35. The molecule has 0 spiro atoms. The van der Waals surface area contributed by atoms with Crippen molar-refractivity contribution in [2.45, 2.75) is 44.7 Å². The van der Waals surface area contributed by atoms with Crippen molar-refractivity contribution in [3.8, 4) is 0 Å². The number of fused-ring (bicyclic) bond motifs is 1. The number of thiophene rings is 1. The lowest BCUT2D eigenvalue weighted by molar-refractivity contribution is 0.176. The molecule has 1 fully saturated rings. The fourth-order valence-corrected chi connectivity index (χ4v) is 3.67. The summed E-state index contributed by atoms with van der Waals surface area (Å²) in [7, 11) is 0. The number of rotatable bonds is 4. The molecule has 90 valence electrons. The van der Waals surface area contributed by atoms with E-state index in [1.165, 1.54) is 41.3 Å². The lowest BCUT2D eigenvalue weighted by Gasteiger charge is -2.42. The molecule has 1 saturated carbocycles. The highest BCUT2D eigenvalue weighted by molar-refractivity contribution is 7.17. The van der Waals surface area contributed by atoms with Gasteiger partial charge in [0.1, 0.15) is 0 Å². The zero-order valence-electron chi connectivity index (χ0n) is 10.3. The first-order valence-corrected chi connectivity index (χ1v) is 7.41. The molecule has 0 aliphatic heterocycles. The molecule has 2 heteroatoms. The van der Waals surface area contributed by atoms with Gasteiger partial charge in [0.2, 0.25) is 0 Å². The predicted octanol–water partition coefficient (Wildman–Crippen LogP) is 4.32. The van der Waals surface area contributed by atoms with Gasteiger partial charge >= 0.3 is 0 Å². The van der Waals surface area contributed by atoms with Gasteiger partial charge in [-0.1, -0.05) is 25.1 Å². The van der Waals surface area contributed by atoms with Gasteiger partial charge in [-0.2, -0.15) is 0 Å². The van der Waals surface area contributed by atoms with Gasteiger partial charge in [0.25, 0.3) is 0 Å². The van der Waals surface area contributed by atoms with E-state index in [2.05, 4.69) is 41.9 Å². The van der Waals surface area contributed by atoms with E-state index in [1.54, 1.807) is 0 Å². The summed E-state index contributed by atoms with van der Waals surface area (Å²) < 4.78 is 1.41. The minimum Gasteiger partial charge on any atom is -0.307 e. The van der Waals surface area contributed by atoms with E-state index in [0.717, 1.165) is 6.54 Å². The van der Waals surface area contributed by atoms with E-state index in [4.69, 9.17) is 0 Å². The van der Waals surface area contributed by atoms with Gasteiger partial charge in [-0.3, -0.25) is 0 Å². The summed E-state index contributed by atoms with van der Waals surface area (Å²) in [6.45, 7) is 3.33. The molecule has 1 aromatic heterocycles. The summed E-state index contributed by atoms with van der Waals surface area (Å²) in [6.07, 6.45) is 5.36. The van der Waals surface area contributed by atoms with Gasteiger partial charge in [-0.25, -0.2) is 0 Å². The Balaban J connectivity index is 1.77. The first kappa shape index (κ1) is 11.2. The fraction of sp³-hybridized carbons (Fsp3) is 0.467. The third-order valence-electron chi connectivity index (χ3n) is 4.20. The van der Waals surface area contributed by atoms with E-state index in [9.17, 15) is 0 Å². The van der Waals surface area contributed by atoms with Crippen LogP contribution in [0.2, 0.25) is 0 Å². The van der Waals surface area contributed by atoms with Gasteiger partial charge < -0.3 is 5.32 Å². The Morgan fingerprint density at radius 2 is 2.12 bits per heavy atom. The van der Waals surface area contributed by atoms with E-state index in [-0.39, 0.29) is 0 Å². The van der Waals surface area contributed by atoms with Crippen molar-refractivity contribution in [3.63, 3.8) is 0 Å². The number of benzene rings is 1. The van der Waals surface area contributed by atoms with Crippen LogP contribution < -0.4 is 5.32 Å². The Kier molecular flexibility index (Phi) is 2.93. The molecule has 2 aromatic rings. The van der Waals surface area contributed by atoms with Crippen LogP contribution in [0.1, 0.15) is 38.2 Å². The molecule has 0 atom stereocenters. The maximum Gasteiger partial charge on any atom is 0.0346 e. The molecule has 0 amide bonds. The maximum absolute atomic E-state index is 3.78. The molecule has 1 heterocycles. The second-order valence-electron chi connectivity index (χ2n) is 5.10. The lowest BCUT2D eigenvalue weighted by Crippen LogP contribution is -2.49. The van der Waals surface area contributed by atoms with Crippen LogP contribution in [0.25, 0.3) is 10.1 Å². The monoisotopic (exact) mass is 245 g/mol. The quantitative estimate of drug-likeness (QED) is 0.845. The van der Waals surface area contributed by atoms with Gasteiger partial charge in [0.05, 0.1) is 0 Å². The summed E-state index contributed by atoms with van der Waals surface area (Å²) in [4.78, 5) is 0. The Labute approximate surface area is 107 Å². The van der Waals surface area contributed by atoms with E-state index < -0.39 is 0 Å². The molecule has 1 aromatic carbocycles. The molecule has 17 heavy (non-hydrogen) atoms. The topological polar surface area (TPSA) is 12.0 Å². The molecule has 0 bridgehead atoms. The van der Waals surface area contributed by atoms with Crippen molar-refractivity contribution < 1.29 is 0 Å². The highest BCUT2D eigenvalue weighted by atomic mass is 32.1. The van der Waals surface area contributed by atoms with Crippen LogP contribution in [0.4, 0.5) is 0 Å². The highest BCUT2D eigenvalue weighted by Gasteiger charge is 2.34. The predicted molar refractivity (Wildman–Crippen MR) is 75.5 cm³/mol. The van der Waals surface area contributed by atoms with Crippen LogP contribution in [0.5, 0.6) is 0 Å². The van der Waals surface area contributed by atoms with Crippen LogP contribution in [-0.2, 0) is 6.54 Å². The van der Waals surface area contributed by atoms with E-state index >= 15 is 0 Å². The first-order valence-electron chi connectivity index (χ1n) is 6.53. The molecule has 0 radical (unpaired) electrons. The average Bonchev–Trinajstić information content (AvgIpc) is 2.72. The number of hydrogen-bond donors (Lipinski definition) is 1. The zero-order valence-corrected chi connectivity index (χ0v) is 11.1. The molecule has 1 N–H and O–H groups in total. The Morgan fingerprint density at radius 1 is 1.29 bits per heavy atom. The van der Waals surface area contributed by atoms with Gasteiger partial charge in [-0.05, 0) is 48.1 Å². The van der Waals surface area contributed by atoms with Crippen LogP contribution in [-0.4, -0.2) is 5.54 Å². The number of nitrogens with one attached hydrogen (secondary N) is 1. The van der Waals surface area contributed by atoms with Crippen molar-refractivity contribution in [1.29, 1.82) is 0 Å². The Morgan fingerprint density at radius 3 is 2.82 bits per heavy atom. The standard InChI is InChI=1S/C15H19NS/c1-2-15(8-5-9-15)16-10-12-11-17-14-7-4-3-6-13(12)14/h3-4,6-7,11,16H,2,5,8-10H2,1H3. The third-order valence-corrected chi connectivity index (χ3v) is 5.21. The van der Waals surface area contributed by atoms with Crippen LogP contribution >= 0.6 is 11.3 Å². The Bertz CT molecular complexity index is 505. The largest absolute Gasteiger partial charge is 0.307 e. The van der Waals surface area contributed by atoms with Crippen LogP contribution in [0.3, 0.4) is 0 Å². The Hall–Kier alpha value is -0.860. The summed E-state index contributed by atoms with van der Waals surface area (Å²) in [5.74, 6) is 0. The fourth-order valence-electron chi connectivity index (χ4n) is 2.71. The van der Waals surface area contributed by atoms with E-state index in [0.29, 0.717) is 5.54 Å². The normalized spacial score (nSPS) is 18.2. The second kappa shape index (κ2) is 4.43. The summed E-state index contributed by atoms with van der Waals surface area (Å²) >= 11 is 1.86. The molecular formula is C15H19NS. The molecule has 0 unspecified atom stereocenters. The summed E-state index contributed by atoms with van der Waals surface area (Å²) in [6, 6.07) is 8.71. The molecule has 1 nitrogen and oxygen atoms in total. The first-order chi connectivity index (χ1) is 8.33. The van der Waals surface area contributed by atoms with Gasteiger partial charge in [0.15, 0.2) is 0 Å². The SMILES string of the molecule is CCC1(NCc2csc3ccccc23)CCC1. The van der Waals surface area contributed by atoms with Crippen molar-refractivity contribution in [2.24, 2.45) is 0 Å². The van der Waals surface area contributed by atoms with Crippen LogP contribution in [0.15, 0.2) is 29.6 Å². The third kappa shape index (κ3) is 2.00. The number of hydrogen-bond acceptors (Lipinski definition) is 2. The minimum absolute atomic E-state index is 0.447. The second-order valence-corrected chi connectivity index (χ2v) is 6.01. The molecule has 1 aliphatic carbocycles. The maximum atomic E-state index is 3.78. The van der Waals surface area contributed by atoms with Crippen molar-refractivity contribution >= 4 is 21.4 Å². The summed E-state index contributed by atoms with van der Waals surface area (Å²) in [5, 5.41) is 7.52. The molecule has 0 saturated heterocycles. The van der Waals surface area contributed by atoms with Crippen molar-refractivity contribution in [3.05, 3.63) is 35.2 Å². The molecular weight excluding hydrogens is 226 g/mol. The van der Waals surface area contributed by atoms with Crippen LogP contribution in [0, 0.1) is 0 Å². The lowest BCUT2D eigenvalue weighted by atomic mass is 9.75. The average molecular weight is 245 g/mol. The smallest absolute Gasteiger partial charge is 0.0346 e. The van der Waals surface area contributed by atoms with Crippen molar-refractivity contribution in [2.75, 3.05) is 0 Å². The molecule has 1 aliphatic rings. The van der Waals surface area contributed by atoms with E-state index in [1.807, 2.05) is 11.3 Å². The minimum atomic E-state index is 0.447. The molecule has 3 rings (SSSR count). The summed E-state index contributed by atoms with van der Waals surface area (Å²) in [5.41, 5.74) is 1.91. The zero-order chi connectivity index (χ0) is 11.7. The van der Waals surface area contributed by atoms with Crippen molar-refractivity contribution in [1.82, 2.24) is 5.32 Å².